The largest absolute Gasteiger partial charge is 0.347 e. The van der Waals surface area contributed by atoms with Gasteiger partial charge in [0, 0.05) is 0 Å². The van der Waals surface area contributed by atoms with Gasteiger partial charge in [0.25, 0.3) is 0 Å². The monoisotopic (exact) mass is 322 g/mol. The molecule has 0 radical (unpaired) electrons. The van der Waals surface area contributed by atoms with E-state index in [-0.39, 0.29) is 6.29 Å². The third-order valence-corrected chi connectivity index (χ3v) is 2.01. The lowest BCUT2D eigenvalue weighted by Crippen LogP contribution is -2.24. The smallest absolute Gasteiger partial charge is 0.192 e. The summed E-state index contributed by atoms with van der Waals surface area (Å²) in [6, 6.07) is 0. The van der Waals surface area contributed by atoms with Crippen LogP contribution in [-0.2, 0) is 9.47 Å². The van der Waals surface area contributed by atoms with Gasteiger partial charge in [-0.05, 0) is 0 Å². The highest BCUT2D eigenvalue weighted by Gasteiger charge is 2.35. The first-order valence-electron chi connectivity index (χ1n) is 2.40. The van der Waals surface area contributed by atoms with Crippen LogP contribution in [0.5, 0.6) is 0 Å². The molecule has 0 aliphatic carbocycles. The zero-order chi connectivity index (χ0) is 6.91. The summed E-state index contributed by atoms with van der Waals surface area (Å²) < 4.78 is 9.88. The molecule has 2 nitrogen and oxygen atoms in total. The Kier molecular flexibility index (Phi) is 2.98. The number of halogens is 3. The molecule has 1 aliphatic heterocycles. The molecular weight excluding hydrogens is 320 g/mol. The topological polar surface area (TPSA) is 18.5 Å². The lowest BCUT2D eigenvalue weighted by molar-refractivity contribution is -0.0296. The Bertz CT molecular complexity index is 94.5. The maximum absolute atomic E-state index is 5.15. The molecule has 0 amide bonds. The average Bonchev–Trinajstić information content (AvgIpc) is 2.08. The van der Waals surface area contributed by atoms with Crippen molar-refractivity contribution in [3.63, 3.8) is 0 Å². The molecule has 54 valence electrons. The molecule has 0 aromatic rings. The first kappa shape index (κ1) is 8.46. The van der Waals surface area contributed by atoms with Crippen molar-refractivity contribution < 1.29 is 9.47 Å². The van der Waals surface area contributed by atoms with E-state index in [0.717, 1.165) is 0 Å². The Labute approximate surface area is 78.7 Å². The van der Waals surface area contributed by atoms with E-state index in [1.165, 1.54) is 0 Å². The van der Waals surface area contributed by atoms with Crippen molar-refractivity contribution in [1.29, 1.82) is 0 Å². The van der Waals surface area contributed by atoms with Gasteiger partial charge in [0.15, 0.2) is 8.43 Å². The Balaban J connectivity index is 2.42. The molecular formula is C4H5Br3O2. The minimum atomic E-state index is -0.427. The lowest BCUT2D eigenvalue weighted by Gasteiger charge is -2.18. The third kappa shape index (κ3) is 2.46. The molecule has 0 unspecified atom stereocenters. The summed E-state index contributed by atoms with van der Waals surface area (Å²) in [6.45, 7) is 1.32. The molecule has 0 aromatic carbocycles. The standard InChI is InChI=1S/C4H5Br3O2/c5-4(6,7)3-8-1-2-9-3/h3H,1-2H2. The van der Waals surface area contributed by atoms with Crippen LogP contribution < -0.4 is 0 Å². The number of hydrogen-bond donors (Lipinski definition) is 0. The summed E-state index contributed by atoms with van der Waals surface area (Å²) in [7, 11) is 0. The summed E-state index contributed by atoms with van der Waals surface area (Å²) >= 11 is 9.87. The number of alkyl halides is 3. The van der Waals surface area contributed by atoms with E-state index in [1.807, 2.05) is 0 Å². The summed E-state index contributed by atoms with van der Waals surface area (Å²) in [6.07, 6.45) is -0.238. The second-order valence-corrected chi connectivity index (χ2v) is 8.56. The molecule has 1 aliphatic rings. The molecule has 5 heteroatoms. The second kappa shape index (κ2) is 3.17. The first-order valence-corrected chi connectivity index (χ1v) is 4.78. The number of hydrogen-bond acceptors (Lipinski definition) is 2. The number of ether oxygens (including phenoxy) is 2. The van der Waals surface area contributed by atoms with E-state index >= 15 is 0 Å². The van der Waals surface area contributed by atoms with E-state index < -0.39 is 2.14 Å². The van der Waals surface area contributed by atoms with E-state index in [4.69, 9.17) is 9.47 Å². The maximum atomic E-state index is 5.15. The molecule has 0 atom stereocenters. The van der Waals surface area contributed by atoms with Crippen LogP contribution in [0.4, 0.5) is 0 Å². The Hall–Kier alpha value is 1.36. The van der Waals surface area contributed by atoms with E-state index in [9.17, 15) is 0 Å². The van der Waals surface area contributed by atoms with Gasteiger partial charge in [-0.25, -0.2) is 0 Å². The molecule has 0 bridgehead atoms. The molecule has 0 aromatic heterocycles. The predicted molar refractivity (Wildman–Crippen MR) is 45.2 cm³/mol. The van der Waals surface area contributed by atoms with Gasteiger partial charge in [-0.15, -0.1) is 0 Å². The van der Waals surface area contributed by atoms with Crippen molar-refractivity contribution in [2.75, 3.05) is 13.2 Å². The Morgan fingerprint density at radius 2 is 1.56 bits per heavy atom. The Morgan fingerprint density at radius 3 is 1.78 bits per heavy atom. The third-order valence-electron chi connectivity index (χ3n) is 0.889. The van der Waals surface area contributed by atoms with Gasteiger partial charge >= 0.3 is 0 Å². The minimum absolute atomic E-state index is 0.238. The van der Waals surface area contributed by atoms with Gasteiger partial charge in [0.2, 0.25) is 0 Å². The fourth-order valence-electron chi connectivity index (χ4n) is 0.547. The highest BCUT2D eigenvalue weighted by Crippen LogP contribution is 2.40. The minimum Gasteiger partial charge on any atom is -0.347 e. The summed E-state index contributed by atoms with van der Waals surface area (Å²) in [5.74, 6) is 0. The fraction of sp³-hybridized carbons (Fsp3) is 1.00. The zero-order valence-corrected chi connectivity index (χ0v) is 9.20. The number of rotatable bonds is 0. The van der Waals surface area contributed by atoms with Crippen molar-refractivity contribution >= 4 is 47.8 Å². The zero-order valence-electron chi connectivity index (χ0n) is 4.44. The van der Waals surface area contributed by atoms with Crippen molar-refractivity contribution in [1.82, 2.24) is 0 Å². The van der Waals surface area contributed by atoms with Crippen LogP contribution in [-0.4, -0.2) is 21.6 Å². The summed E-state index contributed by atoms with van der Waals surface area (Å²) in [5.41, 5.74) is 0. The van der Waals surface area contributed by atoms with Crippen LogP contribution in [0.2, 0.25) is 0 Å². The molecule has 1 rings (SSSR count). The predicted octanol–water partition coefficient (Wildman–Crippen LogP) is 2.20. The average molecular weight is 325 g/mol. The quantitative estimate of drug-likeness (QED) is 0.636. The van der Waals surface area contributed by atoms with Gasteiger partial charge in [0.1, 0.15) is 0 Å². The van der Waals surface area contributed by atoms with Crippen LogP contribution >= 0.6 is 47.8 Å². The molecule has 0 spiro atoms. The van der Waals surface area contributed by atoms with Crippen molar-refractivity contribution in [3.05, 3.63) is 0 Å². The van der Waals surface area contributed by atoms with Gasteiger partial charge in [-0.3, -0.25) is 0 Å². The molecule has 1 saturated heterocycles. The van der Waals surface area contributed by atoms with Crippen LogP contribution in [0, 0.1) is 0 Å². The lowest BCUT2D eigenvalue weighted by atomic mass is 10.8. The van der Waals surface area contributed by atoms with E-state index in [0.29, 0.717) is 13.2 Å². The molecule has 0 N–H and O–H groups in total. The van der Waals surface area contributed by atoms with Gasteiger partial charge in [-0.1, -0.05) is 47.8 Å². The summed E-state index contributed by atoms with van der Waals surface area (Å²) in [5, 5.41) is 0. The van der Waals surface area contributed by atoms with Gasteiger partial charge in [-0.2, -0.15) is 0 Å². The second-order valence-electron chi connectivity index (χ2n) is 1.62. The normalized spacial score (nSPS) is 23.0. The van der Waals surface area contributed by atoms with Gasteiger partial charge < -0.3 is 9.47 Å². The SMILES string of the molecule is BrC(Br)(Br)C1OCCO1. The van der Waals surface area contributed by atoms with Gasteiger partial charge in [0.05, 0.1) is 13.2 Å². The molecule has 9 heavy (non-hydrogen) atoms. The molecule has 0 saturated carbocycles. The first-order chi connectivity index (χ1) is 4.11. The molecule has 1 fully saturated rings. The van der Waals surface area contributed by atoms with Crippen LogP contribution in [0.25, 0.3) is 0 Å². The maximum Gasteiger partial charge on any atom is 0.192 e. The van der Waals surface area contributed by atoms with Crippen LogP contribution in [0.15, 0.2) is 0 Å². The highest BCUT2D eigenvalue weighted by molar-refractivity contribution is 9.39. The van der Waals surface area contributed by atoms with Crippen LogP contribution in [0.3, 0.4) is 0 Å². The highest BCUT2D eigenvalue weighted by atomic mass is 80.0. The van der Waals surface area contributed by atoms with Crippen molar-refractivity contribution in [3.8, 4) is 0 Å². The van der Waals surface area contributed by atoms with Crippen molar-refractivity contribution in [2.45, 2.75) is 8.43 Å². The summed E-state index contributed by atoms with van der Waals surface area (Å²) in [4.78, 5) is 0. The fourth-order valence-corrected chi connectivity index (χ4v) is 1.34. The Morgan fingerprint density at radius 1 is 1.11 bits per heavy atom. The van der Waals surface area contributed by atoms with E-state index in [2.05, 4.69) is 47.8 Å². The van der Waals surface area contributed by atoms with Crippen LogP contribution in [0.1, 0.15) is 0 Å². The van der Waals surface area contributed by atoms with Crippen molar-refractivity contribution in [2.24, 2.45) is 0 Å². The van der Waals surface area contributed by atoms with E-state index in [1.54, 1.807) is 0 Å². The molecule has 1 heterocycles.